The Balaban J connectivity index is 2.25. The highest BCUT2D eigenvalue weighted by Gasteiger charge is 2.36. The molecule has 1 saturated heterocycles. The van der Waals surface area contributed by atoms with Gasteiger partial charge in [0, 0.05) is 6.61 Å². The Bertz CT molecular complexity index is 341. The molecule has 1 aromatic rings. The molecule has 0 aliphatic carbocycles. The van der Waals surface area contributed by atoms with E-state index in [0.717, 1.165) is 6.61 Å². The van der Waals surface area contributed by atoms with E-state index in [-0.39, 0.29) is 5.22 Å². The minimum Gasteiger partial charge on any atom is -0.378 e. The van der Waals surface area contributed by atoms with Crippen molar-refractivity contribution < 1.29 is 4.74 Å². The fourth-order valence-electron chi connectivity index (χ4n) is 2.60. The molecule has 2 atom stereocenters. The quantitative estimate of drug-likeness (QED) is 0.727. The maximum absolute atomic E-state index is 6.06. The molecule has 0 N–H and O–H groups in total. The van der Waals surface area contributed by atoms with Crippen LogP contribution in [0.3, 0.4) is 0 Å². The lowest BCUT2D eigenvalue weighted by Gasteiger charge is -2.38. The molecular formula is C14H20OSi. The third-order valence-electron chi connectivity index (χ3n) is 3.55. The van der Waals surface area contributed by atoms with Gasteiger partial charge in [-0.25, -0.2) is 0 Å². The SMILES string of the molecule is C=C[SiH](c1ccccc1)C1(C)CCCCO1. The van der Waals surface area contributed by atoms with Gasteiger partial charge in [0.25, 0.3) is 0 Å². The van der Waals surface area contributed by atoms with Gasteiger partial charge in [-0.2, -0.15) is 0 Å². The van der Waals surface area contributed by atoms with Crippen molar-refractivity contribution in [2.24, 2.45) is 0 Å². The smallest absolute Gasteiger partial charge is 0.129 e. The van der Waals surface area contributed by atoms with E-state index in [1.807, 2.05) is 0 Å². The standard InChI is InChI=1S/C14H20OSi/c1-3-16(13-9-5-4-6-10-13)14(2)11-7-8-12-15-14/h3-6,9-10,16H,1,7-8,11-12H2,2H3. The van der Waals surface area contributed by atoms with Gasteiger partial charge >= 0.3 is 0 Å². The van der Waals surface area contributed by atoms with Crippen LogP contribution in [0.15, 0.2) is 42.6 Å². The van der Waals surface area contributed by atoms with Crippen molar-refractivity contribution in [2.75, 3.05) is 6.61 Å². The van der Waals surface area contributed by atoms with Crippen LogP contribution in [0.2, 0.25) is 0 Å². The zero-order chi connectivity index (χ0) is 11.4. The molecule has 86 valence electrons. The van der Waals surface area contributed by atoms with Gasteiger partial charge in [-0.3, -0.25) is 0 Å². The average molecular weight is 232 g/mol. The summed E-state index contributed by atoms with van der Waals surface area (Å²) in [7, 11) is -1.23. The molecular weight excluding hydrogens is 212 g/mol. The molecule has 1 fully saturated rings. The van der Waals surface area contributed by atoms with Crippen LogP contribution in [0.1, 0.15) is 26.2 Å². The van der Waals surface area contributed by atoms with E-state index in [0.29, 0.717) is 0 Å². The van der Waals surface area contributed by atoms with E-state index >= 15 is 0 Å². The number of ether oxygens (including phenoxy) is 1. The lowest BCUT2D eigenvalue weighted by molar-refractivity contribution is -0.00821. The van der Waals surface area contributed by atoms with Gasteiger partial charge in [0.2, 0.25) is 0 Å². The van der Waals surface area contributed by atoms with Crippen LogP contribution in [-0.4, -0.2) is 20.6 Å². The summed E-state index contributed by atoms with van der Waals surface area (Å²) < 4.78 is 6.06. The Morgan fingerprint density at radius 2 is 2.06 bits per heavy atom. The predicted molar refractivity (Wildman–Crippen MR) is 71.6 cm³/mol. The number of hydrogen-bond donors (Lipinski definition) is 0. The topological polar surface area (TPSA) is 9.23 Å². The van der Waals surface area contributed by atoms with Gasteiger partial charge in [0.15, 0.2) is 0 Å². The molecule has 2 heteroatoms. The first-order valence-electron chi connectivity index (χ1n) is 6.08. The highest BCUT2D eigenvalue weighted by atomic mass is 28.3. The molecule has 2 unspecified atom stereocenters. The normalized spacial score (nSPS) is 27.3. The molecule has 1 aliphatic rings. The Hall–Kier alpha value is -0.863. The molecule has 1 heterocycles. The second kappa shape index (κ2) is 4.98. The van der Waals surface area contributed by atoms with Crippen molar-refractivity contribution in [3.05, 3.63) is 42.6 Å². The summed E-state index contributed by atoms with van der Waals surface area (Å²) in [5.41, 5.74) is 2.17. The Kier molecular flexibility index (Phi) is 3.61. The molecule has 0 spiro atoms. The lowest BCUT2D eigenvalue weighted by atomic mass is 10.1. The number of hydrogen-bond acceptors (Lipinski definition) is 1. The first-order chi connectivity index (χ1) is 7.76. The first-order valence-corrected chi connectivity index (χ1v) is 7.90. The van der Waals surface area contributed by atoms with Crippen LogP contribution in [0.4, 0.5) is 0 Å². The largest absolute Gasteiger partial charge is 0.378 e. The molecule has 0 radical (unpaired) electrons. The summed E-state index contributed by atoms with van der Waals surface area (Å²) in [6.07, 6.45) is 3.69. The molecule has 0 saturated carbocycles. The summed E-state index contributed by atoms with van der Waals surface area (Å²) in [6.45, 7) is 7.23. The van der Waals surface area contributed by atoms with E-state index in [1.54, 1.807) is 0 Å². The summed E-state index contributed by atoms with van der Waals surface area (Å²) in [5, 5.41) is 1.52. The van der Waals surface area contributed by atoms with Crippen LogP contribution >= 0.6 is 0 Å². The van der Waals surface area contributed by atoms with Crippen molar-refractivity contribution in [1.82, 2.24) is 0 Å². The summed E-state index contributed by atoms with van der Waals surface area (Å²) in [5.74, 6) is 0. The van der Waals surface area contributed by atoms with Crippen LogP contribution < -0.4 is 5.19 Å². The van der Waals surface area contributed by atoms with Crippen molar-refractivity contribution in [1.29, 1.82) is 0 Å². The third kappa shape index (κ3) is 2.28. The molecule has 1 aliphatic heterocycles. The van der Waals surface area contributed by atoms with E-state index in [1.165, 1.54) is 24.4 Å². The monoisotopic (exact) mass is 232 g/mol. The Morgan fingerprint density at radius 1 is 1.31 bits per heavy atom. The zero-order valence-corrected chi connectivity index (χ0v) is 11.1. The summed E-state index contributed by atoms with van der Waals surface area (Å²) >= 11 is 0. The van der Waals surface area contributed by atoms with E-state index in [4.69, 9.17) is 4.74 Å². The van der Waals surface area contributed by atoms with Gasteiger partial charge in [0.05, 0.1) is 5.22 Å². The van der Waals surface area contributed by atoms with Crippen LogP contribution in [0.5, 0.6) is 0 Å². The Morgan fingerprint density at radius 3 is 2.62 bits per heavy atom. The van der Waals surface area contributed by atoms with Crippen LogP contribution in [0, 0.1) is 0 Å². The molecule has 0 aromatic heterocycles. The minimum atomic E-state index is -1.23. The molecule has 0 bridgehead atoms. The van der Waals surface area contributed by atoms with Crippen LogP contribution in [-0.2, 0) is 4.74 Å². The molecule has 1 nitrogen and oxygen atoms in total. The van der Waals surface area contributed by atoms with Gasteiger partial charge in [0.1, 0.15) is 8.80 Å². The zero-order valence-electron chi connectivity index (χ0n) is 9.99. The molecule has 1 aromatic carbocycles. The summed E-state index contributed by atoms with van der Waals surface area (Å²) in [4.78, 5) is 0. The predicted octanol–water partition coefficient (Wildman–Crippen LogP) is 2.34. The van der Waals surface area contributed by atoms with Gasteiger partial charge in [-0.15, -0.1) is 6.58 Å². The van der Waals surface area contributed by atoms with Crippen molar-refractivity contribution >= 4 is 14.0 Å². The molecule has 0 amide bonds. The van der Waals surface area contributed by atoms with E-state index in [2.05, 4.69) is 49.5 Å². The average Bonchev–Trinajstić information content (AvgIpc) is 2.32. The maximum Gasteiger partial charge on any atom is 0.129 e. The first kappa shape index (κ1) is 11.6. The highest BCUT2D eigenvalue weighted by molar-refractivity contribution is 6.80. The summed E-state index contributed by atoms with van der Waals surface area (Å²) in [6, 6.07) is 10.8. The minimum absolute atomic E-state index is 0.0708. The maximum atomic E-state index is 6.06. The van der Waals surface area contributed by atoms with E-state index in [9.17, 15) is 0 Å². The van der Waals surface area contributed by atoms with Gasteiger partial charge in [-0.1, -0.05) is 41.2 Å². The lowest BCUT2D eigenvalue weighted by Crippen LogP contribution is -2.53. The third-order valence-corrected chi connectivity index (χ3v) is 6.90. The fourth-order valence-corrected chi connectivity index (χ4v) is 5.52. The van der Waals surface area contributed by atoms with Gasteiger partial charge in [-0.05, 0) is 26.2 Å². The second-order valence-corrected chi connectivity index (χ2v) is 8.06. The van der Waals surface area contributed by atoms with Crippen molar-refractivity contribution in [2.45, 2.75) is 31.4 Å². The van der Waals surface area contributed by atoms with Crippen LogP contribution in [0.25, 0.3) is 0 Å². The van der Waals surface area contributed by atoms with Gasteiger partial charge < -0.3 is 4.74 Å². The van der Waals surface area contributed by atoms with Crippen molar-refractivity contribution in [3.63, 3.8) is 0 Å². The molecule has 2 rings (SSSR count). The second-order valence-electron chi connectivity index (χ2n) is 4.74. The highest BCUT2D eigenvalue weighted by Crippen LogP contribution is 2.27. The number of benzene rings is 1. The number of rotatable bonds is 3. The Labute approximate surface area is 99.7 Å². The van der Waals surface area contributed by atoms with Crippen molar-refractivity contribution in [3.8, 4) is 0 Å². The molecule has 16 heavy (non-hydrogen) atoms. The fraction of sp³-hybridized carbons (Fsp3) is 0.429. The van der Waals surface area contributed by atoms with E-state index < -0.39 is 8.80 Å².